The molecule has 0 atom stereocenters. The molecule has 50 valence electrons. The van der Waals surface area contributed by atoms with Crippen LogP contribution in [0.5, 0.6) is 0 Å². The molecule has 0 aliphatic heterocycles. The van der Waals surface area contributed by atoms with E-state index in [1.54, 1.807) is 17.2 Å². The quantitative estimate of drug-likeness (QED) is 0.604. The molecular formula is C5H4N4S. The Bertz CT molecular complexity index is 253. The first-order chi connectivity index (χ1) is 4.97. The van der Waals surface area contributed by atoms with Crippen molar-refractivity contribution in [3.05, 3.63) is 24.2 Å². The molecule has 0 N–H and O–H groups in total. The number of nitrogens with zero attached hydrogens (tertiary/aromatic N) is 4. The Morgan fingerprint density at radius 3 is 3.10 bits per heavy atom. The van der Waals surface area contributed by atoms with Gasteiger partial charge in [-0.15, -0.1) is 11.3 Å². The number of rotatable bonds is 1. The SMILES string of the molecule is c1csc(-n2cncn2)n1. The van der Waals surface area contributed by atoms with Crippen molar-refractivity contribution >= 4 is 11.3 Å². The molecule has 0 saturated heterocycles. The van der Waals surface area contributed by atoms with E-state index in [2.05, 4.69) is 15.1 Å². The topological polar surface area (TPSA) is 43.6 Å². The minimum Gasteiger partial charge on any atom is -0.227 e. The Morgan fingerprint density at radius 1 is 1.50 bits per heavy atom. The second-order valence-corrected chi connectivity index (χ2v) is 2.53. The zero-order valence-electron chi connectivity index (χ0n) is 5.01. The van der Waals surface area contributed by atoms with Gasteiger partial charge in [-0.2, -0.15) is 9.78 Å². The van der Waals surface area contributed by atoms with E-state index in [1.165, 1.54) is 17.7 Å². The van der Waals surface area contributed by atoms with E-state index < -0.39 is 0 Å². The predicted molar refractivity (Wildman–Crippen MR) is 37.0 cm³/mol. The van der Waals surface area contributed by atoms with Crippen molar-refractivity contribution in [2.75, 3.05) is 0 Å². The largest absolute Gasteiger partial charge is 0.227 e. The predicted octanol–water partition coefficient (Wildman–Crippen LogP) is 0.724. The van der Waals surface area contributed by atoms with Gasteiger partial charge in [-0.25, -0.2) is 9.97 Å². The summed E-state index contributed by atoms with van der Waals surface area (Å²) in [4.78, 5) is 7.83. The molecule has 0 radical (unpaired) electrons. The van der Waals surface area contributed by atoms with Gasteiger partial charge in [0.1, 0.15) is 12.7 Å². The van der Waals surface area contributed by atoms with E-state index >= 15 is 0 Å². The molecule has 0 saturated carbocycles. The van der Waals surface area contributed by atoms with Gasteiger partial charge >= 0.3 is 0 Å². The number of hydrogen-bond acceptors (Lipinski definition) is 4. The van der Waals surface area contributed by atoms with Crippen molar-refractivity contribution in [2.24, 2.45) is 0 Å². The average molecular weight is 152 g/mol. The molecule has 2 aromatic heterocycles. The summed E-state index contributed by atoms with van der Waals surface area (Å²) < 4.78 is 1.63. The maximum Gasteiger partial charge on any atom is 0.211 e. The van der Waals surface area contributed by atoms with Crippen molar-refractivity contribution in [3.63, 3.8) is 0 Å². The first-order valence-corrected chi connectivity index (χ1v) is 3.59. The third kappa shape index (κ3) is 0.801. The first kappa shape index (κ1) is 5.55. The summed E-state index contributed by atoms with van der Waals surface area (Å²) >= 11 is 1.53. The van der Waals surface area contributed by atoms with Crippen LogP contribution in [0.15, 0.2) is 24.2 Å². The van der Waals surface area contributed by atoms with Crippen LogP contribution in [0.4, 0.5) is 0 Å². The Labute approximate surface area is 61.2 Å². The van der Waals surface area contributed by atoms with Gasteiger partial charge in [0, 0.05) is 11.6 Å². The summed E-state index contributed by atoms with van der Waals surface area (Å²) in [5.74, 6) is 0. The van der Waals surface area contributed by atoms with E-state index in [0.717, 1.165) is 5.13 Å². The zero-order chi connectivity index (χ0) is 6.81. The summed E-state index contributed by atoms with van der Waals surface area (Å²) in [5.41, 5.74) is 0. The van der Waals surface area contributed by atoms with Crippen LogP contribution in [0.25, 0.3) is 5.13 Å². The maximum atomic E-state index is 4.04. The molecule has 0 spiro atoms. The third-order valence-corrected chi connectivity index (χ3v) is 1.80. The lowest BCUT2D eigenvalue weighted by molar-refractivity contribution is 0.868. The van der Waals surface area contributed by atoms with Gasteiger partial charge in [-0.1, -0.05) is 0 Å². The summed E-state index contributed by atoms with van der Waals surface area (Å²) in [6, 6.07) is 0. The molecule has 0 aliphatic carbocycles. The highest BCUT2D eigenvalue weighted by Crippen LogP contribution is 2.07. The van der Waals surface area contributed by atoms with Crippen LogP contribution in [-0.2, 0) is 0 Å². The van der Waals surface area contributed by atoms with Gasteiger partial charge in [0.2, 0.25) is 5.13 Å². The molecule has 0 amide bonds. The van der Waals surface area contributed by atoms with Crippen molar-refractivity contribution in [3.8, 4) is 5.13 Å². The molecule has 5 heteroatoms. The lowest BCUT2D eigenvalue weighted by atomic mass is 11.0. The summed E-state index contributed by atoms with van der Waals surface area (Å²) in [5, 5.41) is 6.66. The minimum absolute atomic E-state index is 0.845. The molecular weight excluding hydrogens is 148 g/mol. The van der Waals surface area contributed by atoms with Crippen LogP contribution < -0.4 is 0 Å². The van der Waals surface area contributed by atoms with Gasteiger partial charge in [-0.05, 0) is 0 Å². The van der Waals surface area contributed by atoms with Crippen molar-refractivity contribution in [1.82, 2.24) is 19.7 Å². The summed E-state index contributed by atoms with van der Waals surface area (Å²) in [7, 11) is 0. The lowest BCUT2D eigenvalue weighted by Crippen LogP contribution is -1.91. The molecule has 2 heterocycles. The molecule has 4 nitrogen and oxygen atoms in total. The van der Waals surface area contributed by atoms with Crippen LogP contribution in [-0.4, -0.2) is 19.7 Å². The Kier molecular flexibility index (Phi) is 1.21. The van der Waals surface area contributed by atoms with Crippen LogP contribution in [0.3, 0.4) is 0 Å². The van der Waals surface area contributed by atoms with Crippen LogP contribution in [0.2, 0.25) is 0 Å². The molecule has 2 aromatic rings. The number of thiazole rings is 1. The molecule has 0 fully saturated rings. The van der Waals surface area contributed by atoms with Gasteiger partial charge in [0.25, 0.3) is 0 Å². The van der Waals surface area contributed by atoms with E-state index in [-0.39, 0.29) is 0 Å². The molecule has 0 aromatic carbocycles. The van der Waals surface area contributed by atoms with E-state index in [9.17, 15) is 0 Å². The fourth-order valence-corrected chi connectivity index (χ4v) is 1.20. The van der Waals surface area contributed by atoms with Gasteiger partial charge in [0.05, 0.1) is 0 Å². The second-order valence-electron chi connectivity index (χ2n) is 1.65. The summed E-state index contributed by atoms with van der Waals surface area (Å²) in [6.45, 7) is 0. The highest BCUT2D eigenvalue weighted by atomic mass is 32.1. The monoisotopic (exact) mass is 152 g/mol. The highest BCUT2D eigenvalue weighted by Gasteiger charge is 1.95. The lowest BCUT2D eigenvalue weighted by Gasteiger charge is -1.88. The normalized spacial score (nSPS) is 10.0. The Hall–Kier alpha value is -1.23. The van der Waals surface area contributed by atoms with Crippen molar-refractivity contribution in [1.29, 1.82) is 0 Å². The van der Waals surface area contributed by atoms with Gasteiger partial charge in [-0.3, -0.25) is 0 Å². The van der Waals surface area contributed by atoms with E-state index in [1.807, 2.05) is 5.38 Å². The van der Waals surface area contributed by atoms with Crippen LogP contribution >= 0.6 is 11.3 Å². The molecule has 10 heavy (non-hydrogen) atoms. The zero-order valence-corrected chi connectivity index (χ0v) is 5.82. The number of hydrogen-bond donors (Lipinski definition) is 0. The minimum atomic E-state index is 0.845. The Balaban J connectivity index is 2.48. The molecule has 2 rings (SSSR count). The van der Waals surface area contributed by atoms with Gasteiger partial charge in [0.15, 0.2) is 0 Å². The fraction of sp³-hybridized carbons (Fsp3) is 0. The van der Waals surface area contributed by atoms with Crippen molar-refractivity contribution < 1.29 is 0 Å². The third-order valence-electron chi connectivity index (χ3n) is 1.03. The first-order valence-electron chi connectivity index (χ1n) is 2.71. The maximum absolute atomic E-state index is 4.04. The van der Waals surface area contributed by atoms with Crippen molar-refractivity contribution in [2.45, 2.75) is 0 Å². The van der Waals surface area contributed by atoms with Crippen LogP contribution in [0, 0.1) is 0 Å². The Morgan fingerprint density at radius 2 is 2.50 bits per heavy atom. The molecule has 0 bridgehead atoms. The smallest absolute Gasteiger partial charge is 0.211 e. The fourth-order valence-electron chi connectivity index (χ4n) is 0.636. The highest BCUT2D eigenvalue weighted by molar-refractivity contribution is 7.12. The standard InChI is InChI=1S/C5H4N4S/c1-2-10-5(7-1)9-4-6-3-8-9/h1-4H. The van der Waals surface area contributed by atoms with Crippen LogP contribution in [0.1, 0.15) is 0 Å². The van der Waals surface area contributed by atoms with Gasteiger partial charge < -0.3 is 0 Å². The van der Waals surface area contributed by atoms with E-state index in [0.29, 0.717) is 0 Å². The van der Waals surface area contributed by atoms with E-state index in [4.69, 9.17) is 0 Å². The molecule has 0 unspecified atom stereocenters. The number of aromatic nitrogens is 4. The molecule has 0 aliphatic rings. The summed E-state index contributed by atoms with van der Waals surface area (Å²) in [6.07, 6.45) is 4.85. The second kappa shape index (κ2) is 2.18. The average Bonchev–Trinajstić information content (AvgIpc) is 2.59.